The average Bonchev–Trinajstić information content (AvgIpc) is 1.63. The summed E-state index contributed by atoms with van der Waals surface area (Å²) in [7, 11) is 0. The Hall–Kier alpha value is -1.32. The van der Waals surface area contributed by atoms with Crippen LogP contribution in [0.1, 0.15) is 6.92 Å². The second-order valence-electron chi connectivity index (χ2n) is 1.59. The fraction of sp³-hybridized carbons (Fsp3) is 0.200. The van der Waals surface area contributed by atoms with Crippen LogP contribution in [-0.2, 0) is 4.79 Å². The first-order valence-electron chi connectivity index (χ1n) is 2.29. The molecule has 50 valence electrons. The number of carboxylic acids is 1. The third-order valence-corrected chi connectivity index (χ3v) is 0.709. The number of amidine groups is 1. The summed E-state index contributed by atoms with van der Waals surface area (Å²) in [4.78, 5) is 10.0. The van der Waals surface area contributed by atoms with Crippen LogP contribution in [0.5, 0.6) is 0 Å². The zero-order valence-electron chi connectivity index (χ0n) is 5.01. The summed E-state index contributed by atoms with van der Waals surface area (Å²) in [5.41, 5.74) is 4.95. The first-order chi connectivity index (χ1) is 4.04. The Labute approximate surface area is 52.5 Å². The molecule has 0 atom stereocenters. The highest BCUT2D eigenvalue weighted by atomic mass is 16.4. The van der Waals surface area contributed by atoms with Gasteiger partial charge in [0.15, 0.2) is 0 Å². The summed E-state index contributed by atoms with van der Waals surface area (Å²) < 4.78 is 0. The van der Waals surface area contributed by atoms with Crippen molar-refractivity contribution in [2.24, 2.45) is 5.73 Å². The van der Waals surface area contributed by atoms with Gasteiger partial charge in [-0.05, 0) is 13.0 Å². The number of aliphatic carboxylic acids is 1. The summed E-state index contributed by atoms with van der Waals surface area (Å²) in [6.07, 6.45) is 1.09. The van der Waals surface area contributed by atoms with Crippen molar-refractivity contribution >= 4 is 11.8 Å². The topological polar surface area (TPSA) is 87.2 Å². The van der Waals surface area contributed by atoms with E-state index in [1.54, 1.807) is 0 Å². The molecule has 0 aromatic heterocycles. The summed E-state index contributed by atoms with van der Waals surface area (Å²) in [5.74, 6) is -1.29. The second-order valence-corrected chi connectivity index (χ2v) is 1.59. The van der Waals surface area contributed by atoms with Gasteiger partial charge in [-0.1, -0.05) is 0 Å². The van der Waals surface area contributed by atoms with E-state index in [-0.39, 0.29) is 11.4 Å². The van der Waals surface area contributed by atoms with E-state index in [2.05, 4.69) is 0 Å². The van der Waals surface area contributed by atoms with E-state index < -0.39 is 5.97 Å². The molecule has 0 spiro atoms. The van der Waals surface area contributed by atoms with Crippen LogP contribution in [0.15, 0.2) is 11.6 Å². The first-order valence-corrected chi connectivity index (χ1v) is 2.29. The fourth-order valence-corrected chi connectivity index (χ4v) is 0.295. The van der Waals surface area contributed by atoms with Gasteiger partial charge in [0, 0.05) is 5.57 Å². The Bertz CT molecular complexity index is 172. The molecule has 0 aliphatic heterocycles. The molecular weight excluding hydrogens is 120 g/mol. The Morgan fingerprint density at radius 1 is 1.78 bits per heavy atom. The largest absolute Gasteiger partial charge is 0.478 e. The van der Waals surface area contributed by atoms with Gasteiger partial charge in [0.2, 0.25) is 0 Å². The molecule has 0 rings (SSSR count). The number of nitrogens with two attached hydrogens (primary N) is 1. The van der Waals surface area contributed by atoms with Crippen molar-refractivity contribution in [2.75, 3.05) is 0 Å². The number of carboxylic acid groups (broad SMARTS) is 1. The third-order valence-electron chi connectivity index (χ3n) is 0.709. The zero-order chi connectivity index (χ0) is 7.44. The lowest BCUT2D eigenvalue weighted by molar-refractivity contribution is -0.132. The molecule has 0 radical (unpaired) electrons. The Balaban J connectivity index is 4.17. The second kappa shape index (κ2) is 2.86. The van der Waals surface area contributed by atoms with E-state index in [1.165, 1.54) is 6.92 Å². The number of rotatable bonds is 2. The SMILES string of the molecule is CC(=CC(=N)N)C(=O)O. The molecule has 0 aromatic carbocycles. The minimum Gasteiger partial charge on any atom is -0.478 e. The molecule has 4 nitrogen and oxygen atoms in total. The molecule has 0 saturated heterocycles. The third kappa shape index (κ3) is 3.28. The van der Waals surface area contributed by atoms with Crippen LogP contribution in [-0.4, -0.2) is 16.9 Å². The monoisotopic (exact) mass is 128 g/mol. The number of carbonyl (C=O) groups is 1. The molecular formula is C5H8N2O2. The highest BCUT2D eigenvalue weighted by Crippen LogP contribution is 1.89. The molecule has 0 heterocycles. The van der Waals surface area contributed by atoms with Crippen molar-refractivity contribution in [1.29, 1.82) is 5.41 Å². The van der Waals surface area contributed by atoms with E-state index in [4.69, 9.17) is 16.2 Å². The van der Waals surface area contributed by atoms with Gasteiger partial charge in [-0.25, -0.2) is 4.79 Å². The molecule has 0 unspecified atom stereocenters. The van der Waals surface area contributed by atoms with E-state index in [9.17, 15) is 4.79 Å². The van der Waals surface area contributed by atoms with Crippen LogP contribution in [0, 0.1) is 5.41 Å². The maximum absolute atomic E-state index is 10.0. The highest BCUT2D eigenvalue weighted by molar-refractivity contribution is 5.97. The van der Waals surface area contributed by atoms with Gasteiger partial charge < -0.3 is 10.8 Å². The molecule has 0 fully saturated rings. The van der Waals surface area contributed by atoms with Crippen molar-refractivity contribution in [1.82, 2.24) is 0 Å². The van der Waals surface area contributed by atoms with Crippen molar-refractivity contribution < 1.29 is 9.90 Å². The number of hydrogen-bond acceptors (Lipinski definition) is 2. The molecule has 4 N–H and O–H groups in total. The van der Waals surface area contributed by atoms with Crippen molar-refractivity contribution in [3.8, 4) is 0 Å². The summed E-state index contributed by atoms with van der Waals surface area (Å²) >= 11 is 0. The lowest BCUT2D eigenvalue weighted by atomic mass is 10.3. The molecule has 4 heteroatoms. The summed E-state index contributed by atoms with van der Waals surface area (Å²) in [5, 5.41) is 14.9. The predicted molar refractivity (Wildman–Crippen MR) is 33.3 cm³/mol. The molecule has 0 aliphatic rings. The Kier molecular flexibility index (Phi) is 2.44. The minimum atomic E-state index is -1.05. The smallest absolute Gasteiger partial charge is 0.331 e. The van der Waals surface area contributed by atoms with Crippen LogP contribution in [0.3, 0.4) is 0 Å². The van der Waals surface area contributed by atoms with Gasteiger partial charge in [0.25, 0.3) is 0 Å². The van der Waals surface area contributed by atoms with Gasteiger partial charge in [-0.3, -0.25) is 5.41 Å². The van der Waals surface area contributed by atoms with Gasteiger partial charge in [-0.15, -0.1) is 0 Å². The van der Waals surface area contributed by atoms with Gasteiger partial charge in [0.05, 0.1) is 0 Å². The lowest BCUT2D eigenvalue weighted by Crippen LogP contribution is -2.08. The molecule has 0 bridgehead atoms. The van der Waals surface area contributed by atoms with E-state index in [0.717, 1.165) is 6.08 Å². The highest BCUT2D eigenvalue weighted by Gasteiger charge is 1.97. The standard InChI is InChI=1S/C5H8N2O2/c1-3(5(8)9)2-4(6)7/h2H,1H3,(H3,6,7)(H,8,9). The zero-order valence-corrected chi connectivity index (χ0v) is 5.01. The average molecular weight is 128 g/mol. The van der Waals surface area contributed by atoms with Crippen LogP contribution < -0.4 is 5.73 Å². The Morgan fingerprint density at radius 3 is 2.33 bits per heavy atom. The van der Waals surface area contributed by atoms with Crippen LogP contribution in [0.4, 0.5) is 0 Å². The molecule has 0 aromatic rings. The van der Waals surface area contributed by atoms with Crippen molar-refractivity contribution in [2.45, 2.75) is 6.92 Å². The maximum Gasteiger partial charge on any atom is 0.331 e. The normalized spacial score (nSPS) is 11.0. The van der Waals surface area contributed by atoms with Gasteiger partial charge in [-0.2, -0.15) is 0 Å². The van der Waals surface area contributed by atoms with Crippen molar-refractivity contribution in [3.05, 3.63) is 11.6 Å². The first kappa shape index (κ1) is 7.68. The van der Waals surface area contributed by atoms with Crippen LogP contribution in [0.25, 0.3) is 0 Å². The molecule has 0 aliphatic carbocycles. The summed E-state index contributed by atoms with van der Waals surface area (Å²) in [6, 6.07) is 0. The molecule has 9 heavy (non-hydrogen) atoms. The van der Waals surface area contributed by atoms with Crippen LogP contribution >= 0.6 is 0 Å². The molecule has 0 amide bonds. The predicted octanol–water partition coefficient (Wildman–Crippen LogP) is -0.0467. The van der Waals surface area contributed by atoms with E-state index >= 15 is 0 Å². The lowest BCUT2D eigenvalue weighted by Gasteiger charge is -1.89. The molecule has 0 saturated carbocycles. The van der Waals surface area contributed by atoms with Gasteiger partial charge in [0.1, 0.15) is 5.84 Å². The summed E-state index contributed by atoms with van der Waals surface area (Å²) in [6.45, 7) is 1.38. The number of hydrogen-bond donors (Lipinski definition) is 3. The van der Waals surface area contributed by atoms with Crippen LogP contribution in [0.2, 0.25) is 0 Å². The van der Waals surface area contributed by atoms with E-state index in [1.807, 2.05) is 0 Å². The minimum absolute atomic E-state index is 0.0718. The van der Waals surface area contributed by atoms with E-state index in [0.29, 0.717) is 0 Å². The fourth-order valence-electron chi connectivity index (χ4n) is 0.295. The quantitative estimate of drug-likeness (QED) is 0.277. The number of nitrogens with one attached hydrogen (secondary N) is 1. The van der Waals surface area contributed by atoms with Crippen molar-refractivity contribution in [3.63, 3.8) is 0 Å². The Morgan fingerprint density at radius 2 is 2.22 bits per heavy atom. The van der Waals surface area contributed by atoms with Gasteiger partial charge >= 0.3 is 5.97 Å². The maximum atomic E-state index is 10.0.